The van der Waals surface area contributed by atoms with Crippen molar-refractivity contribution in [2.75, 3.05) is 62.7 Å². The first-order valence-electron chi connectivity index (χ1n) is 17.0. The number of nitrogens with zero attached hydrogens (tertiary/aromatic N) is 8. The summed E-state index contributed by atoms with van der Waals surface area (Å²) >= 11 is 0. The molecule has 4 aliphatic rings. The Bertz CT molecular complexity index is 1650. The molecule has 5 heterocycles. The predicted octanol–water partition coefficient (Wildman–Crippen LogP) is 4.00. The number of rotatable bonds is 8. The highest BCUT2D eigenvalue weighted by atomic mass is 16.5. The Balaban J connectivity index is 1.18. The molecule has 2 aromatic carbocycles. The van der Waals surface area contributed by atoms with Crippen LogP contribution >= 0.6 is 0 Å². The third-order valence-electron chi connectivity index (χ3n) is 10.5. The van der Waals surface area contributed by atoms with Gasteiger partial charge in [0, 0.05) is 61.4 Å². The summed E-state index contributed by atoms with van der Waals surface area (Å²) in [6, 6.07) is 16.3. The van der Waals surface area contributed by atoms with Crippen LogP contribution in [0.5, 0.6) is 6.01 Å². The highest BCUT2D eigenvalue weighted by molar-refractivity contribution is 5.97. The molecule has 7 rings (SSSR count). The SMILES string of the molecule is Cc1cccc2cccc(N3CCc4c(nc(OC[C@@H]5CCCN5C)nc4N4CCN(C(=O)[C@H]5CN5C(C)C)[C@@H](CC#N)C4)C3)c12. The molecule has 1 unspecified atom stereocenters. The van der Waals surface area contributed by atoms with Crippen molar-refractivity contribution in [3.8, 4) is 12.1 Å². The van der Waals surface area contributed by atoms with Gasteiger partial charge in [-0.15, -0.1) is 0 Å². The van der Waals surface area contributed by atoms with Crippen LogP contribution in [0.4, 0.5) is 11.5 Å². The number of piperazine rings is 1. The summed E-state index contributed by atoms with van der Waals surface area (Å²) in [5, 5.41) is 12.3. The van der Waals surface area contributed by atoms with E-state index in [0.29, 0.717) is 57.3 Å². The number of ether oxygens (including phenoxy) is 1. The van der Waals surface area contributed by atoms with Crippen LogP contribution in [0, 0.1) is 18.3 Å². The molecular weight excluding hydrogens is 576 g/mol. The normalized spacial score (nSPS) is 24.7. The van der Waals surface area contributed by atoms with E-state index in [1.54, 1.807) is 0 Å². The van der Waals surface area contributed by atoms with Gasteiger partial charge in [0.2, 0.25) is 5.91 Å². The van der Waals surface area contributed by atoms with E-state index < -0.39 is 0 Å². The van der Waals surface area contributed by atoms with E-state index in [2.05, 4.69) is 89.9 Å². The van der Waals surface area contributed by atoms with Gasteiger partial charge in [0.15, 0.2) is 0 Å². The molecule has 46 heavy (non-hydrogen) atoms. The lowest BCUT2D eigenvalue weighted by Crippen LogP contribution is -2.57. The van der Waals surface area contributed by atoms with Crippen LogP contribution in [-0.2, 0) is 17.8 Å². The molecule has 0 radical (unpaired) electrons. The van der Waals surface area contributed by atoms with E-state index in [9.17, 15) is 10.1 Å². The summed E-state index contributed by atoms with van der Waals surface area (Å²) < 4.78 is 6.36. The highest BCUT2D eigenvalue weighted by Gasteiger charge is 2.46. The zero-order chi connectivity index (χ0) is 31.9. The van der Waals surface area contributed by atoms with Crippen molar-refractivity contribution in [3.05, 3.63) is 53.2 Å². The summed E-state index contributed by atoms with van der Waals surface area (Å²) in [4.78, 5) is 34.9. The number of carbonyl (C=O) groups is 1. The lowest BCUT2D eigenvalue weighted by molar-refractivity contribution is -0.134. The van der Waals surface area contributed by atoms with Crippen LogP contribution < -0.4 is 14.5 Å². The number of likely N-dealkylation sites (N-methyl/N-ethyl adjacent to an activating group) is 1. The molecule has 1 amide bonds. The Morgan fingerprint density at radius 1 is 1.04 bits per heavy atom. The van der Waals surface area contributed by atoms with E-state index in [-0.39, 0.29) is 18.0 Å². The van der Waals surface area contributed by atoms with E-state index in [1.165, 1.54) is 28.4 Å². The number of aromatic nitrogens is 2. The van der Waals surface area contributed by atoms with E-state index >= 15 is 0 Å². The second-order valence-corrected chi connectivity index (χ2v) is 13.8. The minimum atomic E-state index is -0.179. The van der Waals surface area contributed by atoms with E-state index in [0.717, 1.165) is 49.6 Å². The fourth-order valence-electron chi connectivity index (χ4n) is 7.80. The Morgan fingerprint density at radius 3 is 2.61 bits per heavy atom. The molecule has 0 bridgehead atoms. The number of fused-ring (bicyclic) bond motifs is 2. The van der Waals surface area contributed by atoms with Crippen LogP contribution in [0.1, 0.15) is 49.9 Å². The van der Waals surface area contributed by atoms with Gasteiger partial charge in [-0.25, -0.2) is 0 Å². The quantitative estimate of drug-likeness (QED) is 0.346. The van der Waals surface area contributed by atoms with Gasteiger partial charge in [-0.3, -0.25) is 9.69 Å². The average Bonchev–Trinajstić information content (AvgIpc) is 3.77. The number of benzene rings is 2. The molecular formula is C36H46N8O2. The van der Waals surface area contributed by atoms with Gasteiger partial charge in [-0.1, -0.05) is 30.3 Å². The molecule has 10 nitrogen and oxygen atoms in total. The van der Waals surface area contributed by atoms with Gasteiger partial charge in [0.1, 0.15) is 18.5 Å². The van der Waals surface area contributed by atoms with Gasteiger partial charge in [0.05, 0.1) is 30.8 Å². The smallest absolute Gasteiger partial charge is 0.318 e. The molecule has 3 saturated heterocycles. The van der Waals surface area contributed by atoms with Crippen molar-refractivity contribution in [2.24, 2.45) is 0 Å². The second-order valence-electron chi connectivity index (χ2n) is 13.8. The van der Waals surface area contributed by atoms with Gasteiger partial charge in [-0.05, 0) is 70.6 Å². The van der Waals surface area contributed by atoms with Gasteiger partial charge >= 0.3 is 6.01 Å². The zero-order valence-electron chi connectivity index (χ0n) is 27.7. The Labute approximate surface area is 272 Å². The predicted molar refractivity (Wildman–Crippen MR) is 180 cm³/mol. The third kappa shape index (κ3) is 5.87. The number of likely N-dealkylation sites (tertiary alicyclic amines) is 1. The van der Waals surface area contributed by atoms with Crippen molar-refractivity contribution < 1.29 is 9.53 Å². The van der Waals surface area contributed by atoms with Gasteiger partial charge < -0.3 is 24.3 Å². The van der Waals surface area contributed by atoms with Crippen molar-refractivity contribution in [1.82, 2.24) is 24.7 Å². The number of hydrogen-bond acceptors (Lipinski definition) is 9. The van der Waals surface area contributed by atoms with Crippen LogP contribution in [0.15, 0.2) is 36.4 Å². The molecule has 3 fully saturated rings. The van der Waals surface area contributed by atoms with Gasteiger partial charge in [-0.2, -0.15) is 15.2 Å². The summed E-state index contributed by atoms with van der Waals surface area (Å²) in [6.45, 7) is 12.2. The number of nitriles is 1. The summed E-state index contributed by atoms with van der Waals surface area (Å²) in [6.07, 6.45) is 3.41. The minimum Gasteiger partial charge on any atom is -0.462 e. The average molecular weight is 623 g/mol. The Hall–Kier alpha value is -3.94. The van der Waals surface area contributed by atoms with Crippen molar-refractivity contribution in [2.45, 2.75) is 77.2 Å². The van der Waals surface area contributed by atoms with Crippen LogP contribution in [0.2, 0.25) is 0 Å². The molecule has 242 valence electrons. The fourth-order valence-corrected chi connectivity index (χ4v) is 7.80. The molecule has 0 N–H and O–H groups in total. The topological polar surface area (TPSA) is 91.8 Å². The number of aryl methyl sites for hydroxylation is 1. The van der Waals surface area contributed by atoms with Crippen molar-refractivity contribution in [3.63, 3.8) is 0 Å². The maximum absolute atomic E-state index is 13.5. The van der Waals surface area contributed by atoms with Gasteiger partial charge in [0.25, 0.3) is 0 Å². The molecule has 10 heteroatoms. The molecule has 0 spiro atoms. The fraction of sp³-hybridized carbons (Fsp3) is 0.556. The monoisotopic (exact) mass is 622 g/mol. The van der Waals surface area contributed by atoms with Crippen LogP contribution in [0.25, 0.3) is 10.8 Å². The maximum atomic E-state index is 13.5. The summed E-state index contributed by atoms with van der Waals surface area (Å²) in [5.41, 5.74) is 4.65. The van der Waals surface area contributed by atoms with Crippen molar-refractivity contribution >= 4 is 28.2 Å². The van der Waals surface area contributed by atoms with E-state index in [4.69, 9.17) is 14.7 Å². The molecule has 3 aromatic rings. The molecule has 0 aliphatic carbocycles. The number of anilines is 2. The highest BCUT2D eigenvalue weighted by Crippen LogP contribution is 2.36. The molecule has 0 saturated carbocycles. The third-order valence-corrected chi connectivity index (χ3v) is 10.5. The largest absolute Gasteiger partial charge is 0.462 e. The Kier molecular flexibility index (Phi) is 8.47. The minimum absolute atomic E-state index is 0.0584. The molecule has 4 aliphatic heterocycles. The first kappa shape index (κ1) is 30.7. The van der Waals surface area contributed by atoms with Crippen LogP contribution in [0.3, 0.4) is 0 Å². The lowest BCUT2D eigenvalue weighted by atomic mass is 9.99. The van der Waals surface area contributed by atoms with E-state index in [1.807, 2.05) is 4.90 Å². The summed E-state index contributed by atoms with van der Waals surface area (Å²) in [7, 11) is 2.16. The molecule has 4 atom stereocenters. The van der Waals surface area contributed by atoms with Crippen LogP contribution in [-0.4, -0.2) is 108 Å². The van der Waals surface area contributed by atoms with Crippen molar-refractivity contribution in [1.29, 1.82) is 5.26 Å². The first-order valence-corrected chi connectivity index (χ1v) is 17.0. The first-order chi connectivity index (χ1) is 22.3. The number of amides is 1. The second kappa shape index (κ2) is 12.7. The zero-order valence-corrected chi connectivity index (χ0v) is 27.7. The maximum Gasteiger partial charge on any atom is 0.318 e. The standard InChI is InChI=1S/C36H46N8O2/c1-24(2)44-22-32(44)35(45)43-19-18-42(20-27(43)13-15-37)34-29-14-17-41(31-12-6-10-26-9-5-8-25(3)33(26)31)21-30(29)38-36(39-34)46-23-28-11-7-16-40(28)4/h5-6,8-10,12,24,27-28,32H,7,11,13-14,16-23H2,1-4H3/t27-,28-,32+,44?/m0/s1. The lowest BCUT2D eigenvalue weighted by Gasteiger charge is -2.42. The molecule has 1 aromatic heterocycles. The number of hydrogen-bond donors (Lipinski definition) is 0. The summed E-state index contributed by atoms with van der Waals surface area (Å²) in [5.74, 6) is 1.06. The number of carbonyl (C=O) groups excluding carboxylic acids is 1. The Morgan fingerprint density at radius 2 is 1.87 bits per heavy atom.